The number of halogens is 1. The van der Waals surface area contributed by atoms with Crippen molar-refractivity contribution in [2.75, 3.05) is 35.7 Å². The number of amides is 1. The molecule has 1 heterocycles. The van der Waals surface area contributed by atoms with Crippen LogP contribution in [0.15, 0.2) is 71.9 Å². The highest BCUT2D eigenvalue weighted by atomic mass is 35.5. The molecule has 10 heteroatoms. The number of hydrogen-bond donors (Lipinski definition) is 1. The monoisotopic (exact) mass is 540 g/mol. The maximum atomic E-state index is 13.3. The van der Waals surface area contributed by atoms with Gasteiger partial charge in [0, 0.05) is 35.2 Å². The van der Waals surface area contributed by atoms with Crippen molar-refractivity contribution in [1.82, 2.24) is 9.55 Å². The molecule has 0 atom stereocenters. The van der Waals surface area contributed by atoms with Crippen molar-refractivity contribution in [2.45, 2.75) is 25.9 Å². The van der Waals surface area contributed by atoms with Crippen molar-refractivity contribution in [3.8, 4) is 5.69 Å². The number of anilines is 2. The fraction of sp³-hybridized carbons (Fsp3) is 0.259. The fourth-order valence-electron chi connectivity index (χ4n) is 4.13. The van der Waals surface area contributed by atoms with Crippen molar-refractivity contribution in [3.63, 3.8) is 0 Å². The number of aromatic nitrogens is 2. The molecule has 0 spiro atoms. The summed E-state index contributed by atoms with van der Waals surface area (Å²) in [5.41, 5.74) is 4.28. The molecule has 0 aliphatic carbocycles. The van der Waals surface area contributed by atoms with E-state index in [9.17, 15) is 13.2 Å². The summed E-state index contributed by atoms with van der Waals surface area (Å²) in [6.45, 7) is 7.49. The molecule has 37 heavy (non-hydrogen) atoms. The summed E-state index contributed by atoms with van der Waals surface area (Å²) in [6, 6.07) is 19.8. The fourth-order valence-corrected chi connectivity index (χ4v) is 5.52. The van der Waals surface area contributed by atoms with Crippen LogP contribution in [0.5, 0.6) is 0 Å². The van der Waals surface area contributed by atoms with Crippen LogP contribution in [-0.2, 0) is 14.6 Å². The Morgan fingerprint density at radius 3 is 2.51 bits per heavy atom. The normalized spacial score (nSPS) is 11.5. The first-order chi connectivity index (χ1) is 17.7. The molecule has 0 unspecified atom stereocenters. The topological polar surface area (TPSA) is 93.5 Å². The highest BCUT2D eigenvalue weighted by Crippen LogP contribution is 2.27. The second-order valence-electron chi connectivity index (χ2n) is 8.45. The lowest BCUT2D eigenvalue weighted by Crippen LogP contribution is -2.23. The van der Waals surface area contributed by atoms with E-state index in [1.807, 2.05) is 31.2 Å². The molecule has 1 aromatic heterocycles. The van der Waals surface area contributed by atoms with Gasteiger partial charge in [-0.1, -0.05) is 29.8 Å². The molecule has 1 N–H and O–H groups in total. The number of hydrogen-bond acceptors (Lipinski definition) is 6. The van der Waals surface area contributed by atoms with Crippen LogP contribution >= 0.6 is 11.6 Å². The molecule has 8 nitrogen and oxygen atoms in total. The van der Waals surface area contributed by atoms with E-state index in [2.05, 4.69) is 29.0 Å². The zero-order valence-corrected chi connectivity index (χ0v) is 22.5. The third-order valence-electron chi connectivity index (χ3n) is 6.04. The van der Waals surface area contributed by atoms with E-state index in [-0.39, 0.29) is 11.8 Å². The van der Waals surface area contributed by atoms with Gasteiger partial charge in [-0.3, -0.25) is 9.88 Å². The number of sulfone groups is 1. The summed E-state index contributed by atoms with van der Waals surface area (Å²) in [5, 5.41) is 3.03. The maximum absolute atomic E-state index is 13.3. The number of imidazole rings is 1. The third-order valence-corrected chi connectivity index (χ3v) is 7.80. The van der Waals surface area contributed by atoms with E-state index in [4.69, 9.17) is 16.3 Å². The van der Waals surface area contributed by atoms with Gasteiger partial charge in [0.05, 0.1) is 16.8 Å². The second-order valence-corrected chi connectivity index (χ2v) is 10.9. The molecule has 0 saturated heterocycles. The van der Waals surface area contributed by atoms with Crippen LogP contribution < -0.4 is 10.2 Å². The number of para-hydroxylation sites is 2. The van der Waals surface area contributed by atoms with Crippen molar-refractivity contribution >= 4 is 49.9 Å². The molecule has 1 amide bonds. The molecule has 0 saturated carbocycles. The average molecular weight is 541 g/mol. The zero-order valence-electron chi connectivity index (χ0n) is 20.9. The number of benzene rings is 3. The first-order valence-electron chi connectivity index (χ1n) is 12.0. The van der Waals surface area contributed by atoms with E-state index in [1.165, 1.54) is 0 Å². The Kier molecular flexibility index (Phi) is 8.04. The number of nitrogens with zero attached hydrogens (tertiary/aromatic N) is 3. The van der Waals surface area contributed by atoms with Gasteiger partial charge in [0.15, 0.2) is 0 Å². The Morgan fingerprint density at radius 2 is 1.81 bits per heavy atom. The van der Waals surface area contributed by atoms with E-state index in [1.54, 1.807) is 47.0 Å². The van der Waals surface area contributed by atoms with Crippen LogP contribution in [-0.4, -0.2) is 49.5 Å². The quantitative estimate of drug-likeness (QED) is 0.286. The number of carbonyl (C=O) groups is 1. The van der Waals surface area contributed by atoms with E-state index in [0.717, 1.165) is 24.3 Å². The zero-order chi connectivity index (χ0) is 26.6. The Labute approximate surface area is 221 Å². The average Bonchev–Trinajstić information content (AvgIpc) is 3.27. The molecule has 4 rings (SSSR count). The first-order valence-corrected chi connectivity index (χ1v) is 14.0. The van der Waals surface area contributed by atoms with E-state index < -0.39 is 21.7 Å². The van der Waals surface area contributed by atoms with Gasteiger partial charge in [0.25, 0.3) is 0 Å². The molecular weight excluding hydrogens is 512 g/mol. The predicted octanol–water partition coefficient (Wildman–Crippen LogP) is 5.86. The van der Waals surface area contributed by atoms with Crippen molar-refractivity contribution in [1.29, 1.82) is 0 Å². The number of aryl methyl sites for hydroxylation is 1. The Bertz CT molecular complexity index is 1530. The summed E-state index contributed by atoms with van der Waals surface area (Å²) >= 11 is 6.16. The van der Waals surface area contributed by atoms with Gasteiger partial charge in [-0.25, -0.2) is 18.2 Å². The standard InChI is InChI=1S/C27H29ClN4O4S/c1-4-31(5-2)21-13-14-23(19(3)17-21)30-27(33)36-15-16-37(34,35)26-29-24-11-6-7-12-25(24)32(26)22-10-8-9-20(28)18-22/h6-14,17-18H,4-5,15-16H2,1-3H3,(H,30,33). The van der Waals surface area contributed by atoms with Crippen molar-refractivity contribution in [2.24, 2.45) is 0 Å². The molecule has 4 aromatic rings. The minimum Gasteiger partial charge on any atom is -0.448 e. The van der Waals surface area contributed by atoms with Gasteiger partial charge in [-0.05, 0) is 74.9 Å². The highest BCUT2D eigenvalue weighted by Gasteiger charge is 2.25. The summed E-state index contributed by atoms with van der Waals surface area (Å²) < 4.78 is 33.4. The lowest BCUT2D eigenvalue weighted by Gasteiger charge is -2.22. The van der Waals surface area contributed by atoms with Gasteiger partial charge in [0.2, 0.25) is 15.0 Å². The molecule has 3 aromatic carbocycles. The Hall–Kier alpha value is -3.56. The summed E-state index contributed by atoms with van der Waals surface area (Å²) in [5.74, 6) is -0.426. The lowest BCUT2D eigenvalue weighted by molar-refractivity contribution is 0.168. The van der Waals surface area contributed by atoms with Crippen LogP contribution in [0, 0.1) is 6.92 Å². The molecule has 194 valence electrons. The van der Waals surface area contributed by atoms with Gasteiger partial charge in [-0.15, -0.1) is 0 Å². The lowest BCUT2D eigenvalue weighted by atomic mass is 10.1. The summed E-state index contributed by atoms with van der Waals surface area (Å²) in [7, 11) is -3.91. The number of carbonyl (C=O) groups excluding carboxylic acids is 1. The van der Waals surface area contributed by atoms with Crippen LogP contribution in [0.25, 0.3) is 16.7 Å². The summed E-state index contributed by atoms with van der Waals surface area (Å²) in [6.07, 6.45) is -0.725. The Balaban J connectivity index is 1.48. The van der Waals surface area contributed by atoms with E-state index >= 15 is 0 Å². The van der Waals surface area contributed by atoms with Gasteiger partial charge < -0.3 is 9.64 Å². The smallest absolute Gasteiger partial charge is 0.411 e. The number of ether oxygens (including phenoxy) is 1. The minimum absolute atomic E-state index is 0.136. The van der Waals surface area contributed by atoms with Crippen molar-refractivity contribution in [3.05, 3.63) is 77.3 Å². The number of rotatable bonds is 9. The van der Waals surface area contributed by atoms with E-state index in [0.29, 0.717) is 27.4 Å². The molecule has 0 bridgehead atoms. The third kappa shape index (κ3) is 5.89. The van der Waals surface area contributed by atoms with Crippen LogP contribution in [0.3, 0.4) is 0 Å². The maximum Gasteiger partial charge on any atom is 0.411 e. The highest BCUT2D eigenvalue weighted by molar-refractivity contribution is 7.91. The van der Waals surface area contributed by atoms with Gasteiger partial charge in [-0.2, -0.15) is 0 Å². The number of nitrogens with one attached hydrogen (secondary N) is 1. The second kappa shape index (κ2) is 11.2. The van der Waals surface area contributed by atoms with Crippen LogP contribution in [0.1, 0.15) is 19.4 Å². The largest absolute Gasteiger partial charge is 0.448 e. The molecular formula is C27H29ClN4O4S. The summed E-state index contributed by atoms with van der Waals surface area (Å²) in [4.78, 5) is 19.0. The van der Waals surface area contributed by atoms with Crippen LogP contribution in [0.4, 0.5) is 16.2 Å². The van der Waals surface area contributed by atoms with Crippen LogP contribution in [0.2, 0.25) is 5.02 Å². The van der Waals surface area contributed by atoms with Gasteiger partial charge in [0.1, 0.15) is 6.61 Å². The molecule has 0 aliphatic heterocycles. The van der Waals surface area contributed by atoms with Crippen molar-refractivity contribution < 1.29 is 17.9 Å². The molecule has 0 fully saturated rings. The SMILES string of the molecule is CCN(CC)c1ccc(NC(=O)OCCS(=O)(=O)c2nc3ccccc3n2-c2cccc(Cl)c2)c(C)c1. The predicted molar refractivity (Wildman–Crippen MR) is 148 cm³/mol. The van der Waals surface area contributed by atoms with Gasteiger partial charge >= 0.3 is 6.09 Å². The molecule has 0 radical (unpaired) electrons. The molecule has 0 aliphatic rings. The first kappa shape index (κ1) is 26.5. The Morgan fingerprint density at radius 1 is 1.05 bits per heavy atom. The number of fused-ring (bicyclic) bond motifs is 1. The minimum atomic E-state index is -3.91.